The highest BCUT2D eigenvalue weighted by molar-refractivity contribution is 8.00. The number of hydrogen-bond acceptors (Lipinski definition) is 4. The number of benzene rings is 2. The maximum atomic E-state index is 14.0. The summed E-state index contributed by atoms with van der Waals surface area (Å²) in [5.74, 6) is -0.935. The van der Waals surface area contributed by atoms with Crippen LogP contribution in [-0.4, -0.2) is 17.6 Å². The monoisotopic (exact) mass is 374 g/mol. The zero-order chi connectivity index (χ0) is 18.0. The van der Waals surface area contributed by atoms with Crippen LogP contribution >= 0.6 is 23.1 Å². The highest BCUT2D eigenvalue weighted by atomic mass is 32.2. The summed E-state index contributed by atoms with van der Waals surface area (Å²) in [4.78, 5) is 24.9. The fourth-order valence-electron chi connectivity index (χ4n) is 2.49. The SMILES string of the molecule is Cc1c(C(=O)Nc2ccccc2SCC(N)=O)sc2cccc(F)c12. The van der Waals surface area contributed by atoms with Crippen LogP contribution in [0.2, 0.25) is 0 Å². The molecule has 0 spiro atoms. The molecule has 0 atom stereocenters. The minimum Gasteiger partial charge on any atom is -0.369 e. The van der Waals surface area contributed by atoms with Gasteiger partial charge in [-0.15, -0.1) is 23.1 Å². The zero-order valence-corrected chi connectivity index (χ0v) is 15.0. The third-order valence-electron chi connectivity index (χ3n) is 3.61. The van der Waals surface area contributed by atoms with Gasteiger partial charge < -0.3 is 11.1 Å². The van der Waals surface area contributed by atoms with Gasteiger partial charge in [-0.2, -0.15) is 0 Å². The average molecular weight is 374 g/mol. The van der Waals surface area contributed by atoms with E-state index in [1.807, 2.05) is 6.07 Å². The van der Waals surface area contributed by atoms with Gasteiger partial charge >= 0.3 is 0 Å². The molecular formula is C18H15FN2O2S2. The summed E-state index contributed by atoms with van der Waals surface area (Å²) in [5.41, 5.74) is 6.40. The smallest absolute Gasteiger partial charge is 0.266 e. The van der Waals surface area contributed by atoms with Crippen molar-refractivity contribution in [3.05, 3.63) is 58.7 Å². The van der Waals surface area contributed by atoms with Crippen LogP contribution in [0.15, 0.2) is 47.4 Å². The van der Waals surface area contributed by atoms with Crippen molar-refractivity contribution < 1.29 is 14.0 Å². The van der Waals surface area contributed by atoms with Gasteiger partial charge in [-0.1, -0.05) is 18.2 Å². The second kappa shape index (κ2) is 7.25. The zero-order valence-electron chi connectivity index (χ0n) is 13.3. The van der Waals surface area contributed by atoms with Crippen LogP contribution in [-0.2, 0) is 4.79 Å². The first kappa shape index (κ1) is 17.4. The quantitative estimate of drug-likeness (QED) is 0.658. The molecule has 3 N–H and O–H groups in total. The molecule has 0 bridgehead atoms. The van der Waals surface area contributed by atoms with Crippen molar-refractivity contribution in [3.63, 3.8) is 0 Å². The fraction of sp³-hybridized carbons (Fsp3) is 0.111. The summed E-state index contributed by atoms with van der Waals surface area (Å²) in [5, 5.41) is 3.33. The predicted octanol–water partition coefficient (Wildman–Crippen LogP) is 4.18. The number of nitrogens with one attached hydrogen (secondary N) is 1. The summed E-state index contributed by atoms with van der Waals surface area (Å²) in [6.45, 7) is 1.74. The number of nitrogens with two attached hydrogens (primary N) is 1. The van der Waals surface area contributed by atoms with Crippen LogP contribution in [0.4, 0.5) is 10.1 Å². The van der Waals surface area contributed by atoms with E-state index in [4.69, 9.17) is 5.73 Å². The third kappa shape index (κ3) is 3.67. The van der Waals surface area contributed by atoms with Crippen LogP contribution in [0.25, 0.3) is 10.1 Å². The summed E-state index contributed by atoms with van der Waals surface area (Å²) < 4.78 is 14.8. The van der Waals surface area contributed by atoms with Crippen LogP contribution in [0.1, 0.15) is 15.2 Å². The van der Waals surface area contributed by atoms with Crippen LogP contribution in [0, 0.1) is 12.7 Å². The number of amides is 2. The highest BCUT2D eigenvalue weighted by Gasteiger charge is 2.18. The van der Waals surface area contributed by atoms with E-state index >= 15 is 0 Å². The van der Waals surface area contributed by atoms with Gasteiger partial charge in [0.2, 0.25) is 5.91 Å². The molecule has 0 saturated heterocycles. The molecule has 0 saturated carbocycles. The van der Waals surface area contributed by atoms with E-state index in [9.17, 15) is 14.0 Å². The van der Waals surface area contributed by atoms with Crippen molar-refractivity contribution in [2.24, 2.45) is 5.73 Å². The number of para-hydroxylation sites is 1. The van der Waals surface area contributed by atoms with E-state index in [0.717, 1.165) is 9.60 Å². The molecule has 1 heterocycles. The molecule has 0 fully saturated rings. The van der Waals surface area contributed by atoms with Gasteiger partial charge in [-0.25, -0.2) is 4.39 Å². The molecule has 1 aromatic heterocycles. The second-order valence-electron chi connectivity index (χ2n) is 5.37. The van der Waals surface area contributed by atoms with Crippen molar-refractivity contribution >= 4 is 50.7 Å². The normalized spacial score (nSPS) is 10.8. The van der Waals surface area contributed by atoms with Gasteiger partial charge in [0.25, 0.3) is 5.91 Å². The Kier molecular flexibility index (Phi) is 5.06. The molecule has 0 aliphatic carbocycles. The Morgan fingerprint density at radius 2 is 1.96 bits per heavy atom. The van der Waals surface area contributed by atoms with Gasteiger partial charge in [-0.3, -0.25) is 9.59 Å². The van der Waals surface area contributed by atoms with E-state index in [0.29, 0.717) is 21.5 Å². The van der Waals surface area contributed by atoms with Crippen molar-refractivity contribution in [3.8, 4) is 0 Å². The third-order valence-corrected chi connectivity index (χ3v) is 5.97. The number of rotatable bonds is 5. The van der Waals surface area contributed by atoms with Crippen molar-refractivity contribution in [1.82, 2.24) is 0 Å². The van der Waals surface area contributed by atoms with Gasteiger partial charge in [0.15, 0.2) is 0 Å². The summed E-state index contributed by atoms with van der Waals surface area (Å²) >= 11 is 2.51. The Morgan fingerprint density at radius 1 is 1.20 bits per heavy atom. The van der Waals surface area contributed by atoms with Crippen LogP contribution < -0.4 is 11.1 Å². The molecule has 4 nitrogen and oxygen atoms in total. The number of halogens is 1. The van der Waals surface area contributed by atoms with Gasteiger partial charge in [0.05, 0.1) is 16.3 Å². The first-order valence-corrected chi connectivity index (χ1v) is 9.26. The lowest BCUT2D eigenvalue weighted by Crippen LogP contribution is -2.14. The molecular weight excluding hydrogens is 359 g/mol. The van der Waals surface area contributed by atoms with Crippen molar-refractivity contribution in [2.75, 3.05) is 11.1 Å². The van der Waals surface area contributed by atoms with E-state index in [2.05, 4.69) is 5.32 Å². The number of hydrogen-bond donors (Lipinski definition) is 2. The van der Waals surface area contributed by atoms with E-state index in [1.54, 1.807) is 37.3 Å². The fourth-order valence-corrected chi connectivity index (χ4v) is 4.36. The molecule has 0 radical (unpaired) electrons. The van der Waals surface area contributed by atoms with E-state index < -0.39 is 5.91 Å². The summed E-state index contributed by atoms with van der Waals surface area (Å²) in [6, 6.07) is 12.0. The first-order valence-electron chi connectivity index (χ1n) is 7.46. The largest absolute Gasteiger partial charge is 0.369 e. The molecule has 25 heavy (non-hydrogen) atoms. The lowest BCUT2D eigenvalue weighted by Gasteiger charge is -2.09. The summed E-state index contributed by atoms with van der Waals surface area (Å²) in [6.07, 6.45) is 0. The predicted molar refractivity (Wildman–Crippen MR) is 101 cm³/mol. The second-order valence-corrected chi connectivity index (χ2v) is 7.44. The first-order chi connectivity index (χ1) is 12.0. The molecule has 2 amide bonds. The molecule has 0 aliphatic heterocycles. The average Bonchev–Trinajstić information content (AvgIpc) is 2.92. The Hall–Kier alpha value is -2.38. The number of carbonyl (C=O) groups excluding carboxylic acids is 2. The molecule has 7 heteroatoms. The summed E-state index contributed by atoms with van der Waals surface area (Å²) in [7, 11) is 0. The van der Waals surface area contributed by atoms with E-state index in [-0.39, 0.29) is 17.5 Å². The lowest BCUT2D eigenvalue weighted by molar-refractivity contribution is -0.115. The maximum Gasteiger partial charge on any atom is 0.266 e. The van der Waals surface area contributed by atoms with Gasteiger partial charge in [-0.05, 0) is 36.8 Å². The molecule has 2 aromatic carbocycles. The molecule has 128 valence electrons. The molecule has 0 aliphatic rings. The molecule has 3 aromatic rings. The van der Waals surface area contributed by atoms with Crippen LogP contribution in [0.3, 0.4) is 0 Å². The lowest BCUT2D eigenvalue weighted by atomic mass is 10.1. The maximum absolute atomic E-state index is 14.0. The number of carbonyl (C=O) groups is 2. The highest BCUT2D eigenvalue weighted by Crippen LogP contribution is 2.34. The number of anilines is 1. The number of thioether (sulfide) groups is 1. The standard InChI is InChI=1S/C18H15FN2O2S2/c1-10-16-11(19)5-4-8-14(16)25-17(10)18(23)21-12-6-2-3-7-13(12)24-9-15(20)22/h2-8H,9H2,1H3,(H2,20,22)(H,21,23). The molecule has 0 unspecified atom stereocenters. The number of aryl methyl sites for hydroxylation is 1. The molecule has 3 rings (SSSR count). The Bertz CT molecular complexity index is 969. The Labute approximate surface area is 152 Å². The topological polar surface area (TPSA) is 72.2 Å². The minimum absolute atomic E-state index is 0.125. The number of primary amides is 1. The Morgan fingerprint density at radius 3 is 2.68 bits per heavy atom. The number of thiophene rings is 1. The number of fused-ring (bicyclic) bond motifs is 1. The van der Waals surface area contributed by atoms with Crippen molar-refractivity contribution in [2.45, 2.75) is 11.8 Å². The Balaban J connectivity index is 1.90. The van der Waals surface area contributed by atoms with Gasteiger partial charge in [0, 0.05) is 15.0 Å². The van der Waals surface area contributed by atoms with E-state index in [1.165, 1.54) is 29.2 Å². The van der Waals surface area contributed by atoms with Crippen LogP contribution in [0.5, 0.6) is 0 Å². The van der Waals surface area contributed by atoms with Gasteiger partial charge in [0.1, 0.15) is 5.82 Å². The minimum atomic E-state index is -0.429. The van der Waals surface area contributed by atoms with Crippen molar-refractivity contribution in [1.29, 1.82) is 0 Å².